The average Bonchev–Trinajstić information content (AvgIpc) is 2.59. The molecular formula is C17H34N8O4. The number of hydrogen-bond donors (Lipinski definition) is 4. The summed E-state index contributed by atoms with van der Waals surface area (Å²) in [5.74, 6) is -0.724. The second-order valence-corrected chi connectivity index (χ2v) is 6.97. The Morgan fingerprint density at radius 2 is 0.655 bits per heavy atom. The smallest absolute Gasteiger partial charge is 0.231 e. The zero-order valence-electron chi connectivity index (χ0n) is 17.8. The third-order valence-corrected chi connectivity index (χ3v) is 4.04. The maximum absolute atomic E-state index is 11.5. The largest absolute Gasteiger partial charge is 0.289 e. The van der Waals surface area contributed by atoms with Gasteiger partial charge in [-0.05, 0) is 6.42 Å². The second-order valence-electron chi connectivity index (χ2n) is 6.97. The maximum Gasteiger partial charge on any atom is 0.231 e. The summed E-state index contributed by atoms with van der Waals surface area (Å²) >= 11 is 0. The molecule has 166 valence electrons. The van der Waals surface area contributed by atoms with Crippen molar-refractivity contribution in [3.8, 4) is 0 Å². The van der Waals surface area contributed by atoms with E-state index in [0.717, 1.165) is 0 Å². The van der Waals surface area contributed by atoms with Gasteiger partial charge in [0.05, 0.1) is 0 Å². The Hall–Kier alpha value is -2.28. The minimum atomic E-state index is -0.191. The predicted molar refractivity (Wildman–Crippen MR) is 106 cm³/mol. The molecule has 1 rings (SSSR count). The van der Waals surface area contributed by atoms with E-state index in [0.29, 0.717) is 58.8 Å². The third-order valence-electron chi connectivity index (χ3n) is 4.04. The zero-order chi connectivity index (χ0) is 21.8. The van der Waals surface area contributed by atoms with Gasteiger partial charge in [0.15, 0.2) is 0 Å². The zero-order valence-corrected chi connectivity index (χ0v) is 17.8. The number of carbonyl (C=O) groups is 4. The number of amides is 4. The van der Waals surface area contributed by atoms with Crippen LogP contribution in [0, 0.1) is 0 Å². The first-order valence-electron chi connectivity index (χ1n) is 9.74. The fraction of sp³-hybridized carbons (Fsp3) is 0.765. The van der Waals surface area contributed by atoms with Crippen LogP contribution in [-0.4, -0.2) is 96.0 Å². The minimum absolute atomic E-state index is 0.170. The van der Waals surface area contributed by atoms with E-state index in [-0.39, 0.29) is 23.6 Å². The van der Waals surface area contributed by atoms with Crippen LogP contribution in [0.15, 0.2) is 0 Å². The van der Waals surface area contributed by atoms with Gasteiger partial charge in [0.25, 0.3) is 0 Å². The third kappa shape index (κ3) is 12.0. The molecule has 4 amide bonds. The predicted octanol–water partition coefficient (Wildman–Crippen LogP) is -2.20. The number of nitrogens with one attached hydrogen (secondary N) is 4. The summed E-state index contributed by atoms with van der Waals surface area (Å²) in [4.78, 5) is 46.1. The molecule has 1 heterocycles. The van der Waals surface area contributed by atoms with Gasteiger partial charge in [0.2, 0.25) is 23.6 Å². The number of carbonyl (C=O) groups excluding carboxylic acids is 4. The lowest BCUT2D eigenvalue weighted by atomic mass is 10.3. The molecule has 0 bridgehead atoms. The van der Waals surface area contributed by atoms with Crippen molar-refractivity contribution in [1.82, 2.24) is 41.7 Å². The first kappa shape index (κ1) is 24.8. The fourth-order valence-electron chi connectivity index (χ4n) is 2.96. The molecule has 0 unspecified atom stereocenters. The highest BCUT2D eigenvalue weighted by Gasteiger charge is 2.17. The summed E-state index contributed by atoms with van der Waals surface area (Å²) in [6.45, 7) is 9.84. The van der Waals surface area contributed by atoms with Crippen LogP contribution in [0.5, 0.6) is 0 Å². The van der Waals surface area contributed by atoms with E-state index in [1.807, 2.05) is 0 Å². The van der Waals surface area contributed by atoms with E-state index in [9.17, 15) is 19.2 Å². The highest BCUT2D eigenvalue weighted by atomic mass is 16.2. The number of hydrogen-bond acceptors (Lipinski definition) is 8. The quantitative estimate of drug-likeness (QED) is 0.408. The molecule has 0 saturated carbocycles. The van der Waals surface area contributed by atoms with Gasteiger partial charge in [-0.15, -0.1) is 0 Å². The lowest BCUT2D eigenvalue weighted by Crippen LogP contribution is -2.53. The van der Waals surface area contributed by atoms with Crippen molar-refractivity contribution >= 4 is 23.6 Å². The lowest BCUT2D eigenvalue weighted by Gasteiger charge is -2.30. The van der Waals surface area contributed by atoms with Crippen molar-refractivity contribution in [3.05, 3.63) is 0 Å². The molecule has 1 aliphatic rings. The average molecular weight is 415 g/mol. The van der Waals surface area contributed by atoms with Crippen LogP contribution < -0.4 is 21.7 Å². The van der Waals surface area contributed by atoms with Crippen molar-refractivity contribution in [2.24, 2.45) is 0 Å². The second kappa shape index (κ2) is 13.0. The fourth-order valence-corrected chi connectivity index (χ4v) is 2.96. The highest BCUT2D eigenvalue weighted by molar-refractivity contribution is 5.73. The van der Waals surface area contributed by atoms with Crippen molar-refractivity contribution in [2.45, 2.75) is 34.1 Å². The van der Waals surface area contributed by atoms with Crippen LogP contribution in [0.3, 0.4) is 0 Å². The topological polar surface area (TPSA) is 129 Å². The Labute approximate surface area is 171 Å². The van der Waals surface area contributed by atoms with Crippen LogP contribution in [0.2, 0.25) is 0 Å². The van der Waals surface area contributed by atoms with E-state index in [2.05, 4.69) is 21.7 Å². The molecule has 0 aromatic heterocycles. The van der Waals surface area contributed by atoms with E-state index < -0.39 is 0 Å². The van der Waals surface area contributed by atoms with Crippen LogP contribution in [0.1, 0.15) is 34.1 Å². The Balaban J connectivity index is 2.92. The molecule has 12 heteroatoms. The first-order chi connectivity index (χ1) is 13.7. The Morgan fingerprint density at radius 3 is 0.862 bits per heavy atom. The standard InChI is InChI=1S/C17H34N8O4/c1-14(26)18-22-6-5-7-23(19-15(2)27)9-11-25(21-17(4)29)13-12-24(10-8-22)20-16(3)28/h5-13H2,1-4H3,(H,18,26)(H,19,27)(H,20,28)(H,21,29). The van der Waals surface area contributed by atoms with Crippen LogP contribution in [0.4, 0.5) is 0 Å². The molecule has 1 fully saturated rings. The van der Waals surface area contributed by atoms with Gasteiger partial charge in [-0.2, -0.15) is 0 Å². The normalized spacial score (nSPS) is 19.2. The van der Waals surface area contributed by atoms with Crippen LogP contribution in [-0.2, 0) is 19.2 Å². The highest BCUT2D eigenvalue weighted by Crippen LogP contribution is 1.98. The SMILES string of the molecule is CC(=O)NN1CCCN(NC(C)=O)CCN(NC(C)=O)CCN(NC(C)=O)CC1. The molecule has 0 aliphatic carbocycles. The van der Waals surface area contributed by atoms with E-state index in [1.165, 1.54) is 27.7 Å². The number of nitrogens with zero attached hydrogens (tertiary/aromatic N) is 4. The minimum Gasteiger partial charge on any atom is -0.289 e. The van der Waals surface area contributed by atoms with Gasteiger partial charge < -0.3 is 0 Å². The lowest BCUT2D eigenvalue weighted by molar-refractivity contribution is -0.127. The monoisotopic (exact) mass is 414 g/mol. The van der Waals surface area contributed by atoms with Crippen molar-refractivity contribution in [3.63, 3.8) is 0 Å². The molecule has 0 aromatic rings. The Bertz CT molecular complexity index is 526. The summed E-state index contributed by atoms with van der Waals surface area (Å²) < 4.78 is 0. The molecule has 0 spiro atoms. The van der Waals surface area contributed by atoms with E-state index >= 15 is 0 Å². The molecule has 0 radical (unpaired) electrons. The number of hydrazine groups is 4. The molecule has 12 nitrogen and oxygen atoms in total. The van der Waals surface area contributed by atoms with Crippen LogP contribution >= 0.6 is 0 Å². The van der Waals surface area contributed by atoms with Crippen molar-refractivity contribution in [1.29, 1.82) is 0 Å². The summed E-state index contributed by atoms with van der Waals surface area (Å²) in [5.41, 5.74) is 11.2. The molecule has 1 saturated heterocycles. The summed E-state index contributed by atoms with van der Waals surface area (Å²) in [6.07, 6.45) is 0.695. The summed E-state index contributed by atoms with van der Waals surface area (Å²) in [7, 11) is 0. The molecule has 0 aromatic carbocycles. The van der Waals surface area contributed by atoms with Gasteiger partial charge in [0, 0.05) is 80.1 Å². The molecule has 4 N–H and O–H groups in total. The Kier molecular flexibility index (Phi) is 11.1. The summed E-state index contributed by atoms with van der Waals surface area (Å²) in [5, 5.41) is 7.12. The van der Waals surface area contributed by atoms with Gasteiger partial charge in [-0.25, -0.2) is 20.0 Å². The first-order valence-corrected chi connectivity index (χ1v) is 9.74. The molecular weight excluding hydrogens is 380 g/mol. The molecule has 0 atom stereocenters. The van der Waals surface area contributed by atoms with Crippen LogP contribution in [0.25, 0.3) is 0 Å². The van der Waals surface area contributed by atoms with Gasteiger partial charge in [-0.3, -0.25) is 40.9 Å². The van der Waals surface area contributed by atoms with E-state index in [1.54, 1.807) is 20.0 Å². The van der Waals surface area contributed by atoms with Crippen molar-refractivity contribution < 1.29 is 19.2 Å². The summed E-state index contributed by atoms with van der Waals surface area (Å²) in [6, 6.07) is 0. The van der Waals surface area contributed by atoms with Gasteiger partial charge in [0.1, 0.15) is 0 Å². The molecule has 1 aliphatic heterocycles. The van der Waals surface area contributed by atoms with Crippen molar-refractivity contribution in [2.75, 3.05) is 52.4 Å². The van der Waals surface area contributed by atoms with Gasteiger partial charge >= 0.3 is 0 Å². The number of rotatable bonds is 4. The van der Waals surface area contributed by atoms with Gasteiger partial charge in [-0.1, -0.05) is 0 Å². The Morgan fingerprint density at radius 1 is 0.448 bits per heavy atom. The maximum atomic E-state index is 11.5. The van der Waals surface area contributed by atoms with E-state index in [4.69, 9.17) is 0 Å². The molecule has 29 heavy (non-hydrogen) atoms.